The van der Waals surface area contributed by atoms with E-state index in [1.165, 1.54) is 0 Å². The van der Waals surface area contributed by atoms with Crippen LogP contribution in [0.4, 0.5) is 10.5 Å². The number of hydrogen-bond donors (Lipinski definition) is 2. The van der Waals surface area contributed by atoms with Crippen LogP contribution in [-0.4, -0.2) is 23.0 Å². The normalized spacial score (nSPS) is 11.2. The standard InChI is InChI=1S/C24H26ClN3O/c1-24(2,26)17-28(16-18-12-14-20(25)15-13-18)23(29)27-22-11-7-6-10-21(22)19-8-4-3-5-9-19/h3-15H,16-17,26H2,1-2H3,(H,27,29). The summed E-state index contributed by atoms with van der Waals surface area (Å²) in [5, 5.41) is 3.74. The Labute approximate surface area is 177 Å². The predicted octanol–water partition coefficient (Wildman–Crippen LogP) is 5.78. The highest BCUT2D eigenvalue weighted by Crippen LogP contribution is 2.28. The highest BCUT2D eigenvalue weighted by molar-refractivity contribution is 6.30. The zero-order chi connectivity index (χ0) is 20.9. The molecular weight excluding hydrogens is 382 g/mol. The molecule has 3 aromatic carbocycles. The molecule has 0 fully saturated rings. The minimum atomic E-state index is -0.525. The van der Waals surface area contributed by atoms with Gasteiger partial charge in [-0.3, -0.25) is 0 Å². The van der Waals surface area contributed by atoms with Gasteiger partial charge in [-0.2, -0.15) is 0 Å². The fourth-order valence-electron chi connectivity index (χ4n) is 3.16. The van der Waals surface area contributed by atoms with Crippen LogP contribution in [0.3, 0.4) is 0 Å². The molecule has 3 rings (SSSR count). The van der Waals surface area contributed by atoms with Gasteiger partial charge in [-0.1, -0.05) is 72.3 Å². The summed E-state index contributed by atoms with van der Waals surface area (Å²) in [5.74, 6) is 0. The second-order valence-corrected chi connectivity index (χ2v) is 8.25. The zero-order valence-electron chi connectivity index (χ0n) is 16.7. The number of nitrogens with zero attached hydrogens (tertiary/aromatic N) is 1. The molecule has 0 spiro atoms. The second kappa shape index (κ2) is 9.12. The smallest absolute Gasteiger partial charge is 0.322 e. The van der Waals surface area contributed by atoms with Crippen molar-refractivity contribution in [2.45, 2.75) is 25.9 Å². The van der Waals surface area contributed by atoms with Crippen molar-refractivity contribution >= 4 is 23.3 Å². The average molecular weight is 408 g/mol. The number of para-hydroxylation sites is 1. The van der Waals surface area contributed by atoms with Crippen LogP contribution in [-0.2, 0) is 6.54 Å². The monoisotopic (exact) mass is 407 g/mol. The number of anilines is 1. The number of nitrogens with two attached hydrogens (primary N) is 1. The van der Waals surface area contributed by atoms with Crippen molar-refractivity contribution in [2.24, 2.45) is 5.73 Å². The lowest BCUT2D eigenvalue weighted by Crippen LogP contribution is -2.48. The highest BCUT2D eigenvalue weighted by atomic mass is 35.5. The maximum absolute atomic E-state index is 13.2. The topological polar surface area (TPSA) is 58.4 Å². The summed E-state index contributed by atoms with van der Waals surface area (Å²) in [5.41, 5.74) is 9.47. The van der Waals surface area contributed by atoms with E-state index in [-0.39, 0.29) is 6.03 Å². The fraction of sp³-hybridized carbons (Fsp3) is 0.208. The number of rotatable bonds is 6. The summed E-state index contributed by atoms with van der Waals surface area (Å²) in [6.45, 7) is 4.67. The number of urea groups is 1. The fourth-order valence-corrected chi connectivity index (χ4v) is 3.28. The number of benzene rings is 3. The highest BCUT2D eigenvalue weighted by Gasteiger charge is 2.22. The van der Waals surface area contributed by atoms with Gasteiger partial charge < -0.3 is 16.0 Å². The van der Waals surface area contributed by atoms with Crippen molar-refractivity contribution in [3.63, 3.8) is 0 Å². The number of hydrogen-bond acceptors (Lipinski definition) is 2. The molecule has 0 radical (unpaired) electrons. The van der Waals surface area contributed by atoms with Gasteiger partial charge in [-0.05, 0) is 43.2 Å². The van der Waals surface area contributed by atoms with E-state index in [9.17, 15) is 4.79 Å². The Hall–Kier alpha value is -2.82. The molecule has 150 valence electrons. The van der Waals surface area contributed by atoms with E-state index < -0.39 is 5.54 Å². The van der Waals surface area contributed by atoms with Gasteiger partial charge in [-0.15, -0.1) is 0 Å². The van der Waals surface area contributed by atoms with Crippen LogP contribution in [0.15, 0.2) is 78.9 Å². The first-order valence-corrected chi connectivity index (χ1v) is 9.93. The van der Waals surface area contributed by atoms with Crippen LogP contribution < -0.4 is 11.1 Å². The average Bonchev–Trinajstić information content (AvgIpc) is 2.69. The van der Waals surface area contributed by atoms with Gasteiger partial charge in [-0.25, -0.2) is 4.79 Å². The van der Waals surface area contributed by atoms with Crippen molar-refractivity contribution in [3.8, 4) is 11.1 Å². The summed E-state index contributed by atoms with van der Waals surface area (Å²) in [6.07, 6.45) is 0. The van der Waals surface area contributed by atoms with Crippen molar-refractivity contribution < 1.29 is 4.79 Å². The first-order valence-electron chi connectivity index (χ1n) is 9.55. The van der Waals surface area contributed by atoms with Crippen LogP contribution in [0, 0.1) is 0 Å². The molecular formula is C24H26ClN3O. The molecule has 0 saturated heterocycles. The Morgan fingerprint density at radius 3 is 2.24 bits per heavy atom. The molecule has 0 heterocycles. The minimum Gasteiger partial charge on any atom is -0.324 e. The van der Waals surface area contributed by atoms with E-state index in [0.29, 0.717) is 18.1 Å². The zero-order valence-corrected chi connectivity index (χ0v) is 17.5. The van der Waals surface area contributed by atoms with Crippen molar-refractivity contribution in [3.05, 3.63) is 89.4 Å². The third kappa shape index (κ3) is 6.08. The second-order valence-electron chi connectivity index (χ2n) is 7.81. The number of nitrogens with one attached hydrogen (secondary N) is 1. The van der Waals surface area contributed by atoms with Crippen LogP contribution in [0.5, 0.6) is 0 Å². The van der Waals surface area contributed by atoms with Crippen molar-refractivity contribution in [1.82, 2.24) is 4.90 Å². The Bertz CT molecular complexity index is 950. The molecule has 0 aliphatic heterocycles. The molecule has 3 aromatic rings. The lowest BCUT2D eigenvalue weighted by molar-refractivity contribution is 0.196. The number of carbonyl (C=O) groups excluding carboxylic acids is 1. The van der Waals surface area contributed by atoms with E-state index in [0.717, 1.165) is 22.4 Å². The summed E-state index contributed by atoms with van der Waals surface area (Å²) in [4.78, 5) is 14.9. The Morgan fingerprint density at radius 1 is 0.966 bits per heavy atom. The van der Waals surface area contributed by atoms with E-state index in [2.05, 4.69) is 5.32 Å². The molecule has 0 atom stereocenters. The van der Waals surface area contributed by atoms with Gasteiger partial charge >= 0.3 is 6.03 Å². The van der Waals surface area contributed by atoms with Crippen LogP contribution in [0.1, 0.15) is 19.4 Å². The predicted molar refractivity (Wildman–Crippen MR) is 121 cm³/mol. The Kier molecular flexibility index (Phi) is 6.57. The molecule has 2 amide bonds. The maximum Gasteiger partial charge on any atom is 0.322 e. The van der Waals surface area contributed by atoms with Gasteiger partial charge in [0.05, 0.1) is 5.69 Å². The third-order valence-corrected chi connectivity index (χ3v) is 4.68. The molecule has 0 bridgehead atoms. The molecule has 29 heavy (non-hydrogen) atoms. The van der Waals surface area contributed by atoms with Crippen LogP contribution >= 0.6 is 11.6 Å². The number of amides is 2. The van der Waals surface area contributed by atoms with Crippen LogP contribution in [0.25, 0.3) is 11.1 Å². The van der Waals surface area contributed by atoms with E-state index in [1.54, 1.807) is 4.90 Å². The summed E-state index contributed by atoms with van der Waals surface area (Å²) in [7, 11) is 0. The van der Waals surface area contributed by atoms with Crippen molar-refractivity contribution in [1.29, 1.82) is 0 Å². The maximum atomic E-state index is 13.2. The molecule has 5 heteroatoms. The van der Waals surface area contributed by atoms with Gasteiger partial charge in [0.15, 0.2) is 0 Å². The largest absolute Gasteiger partial charge is 0.324 e. The summed E-state index contributed by atoms with van der Waals surface area (Å²) >= 11 is 5.99. The molecule has 0 saturated carbocycles. The lowest BCUT2D eigenvalue weighted by Gasteiger charge is -2.30. The van der Waals surface area contributed by atoms with Gasteiger partial charge in [0.25, 0.3) is 0 Å². The molecule has 0 aliphatic carbocycles. The van der Waals surface area contributed by atoms with Gasteiger partial charge in [0.2, 0.25) is 0 Å². The first kappa shape index (κ1) is 20.9. The van der Waals surface area contributed by atoms with Gasteiger partial charge in [0, 0.05) is 29.2 Å². The first-order chi connectivity index (χ1) is 13.8. The van der Waals surface area contributed by atoms with Crippen LogP contribution in [0.2, 0.25) is 5.02 Å². The quantitative estimate of drug-likeness (QED) is 0.544. The molecule has 0 aliphatic rings. The number of halogens is 1. The minimum absolute atomic E-state index is 0.193. The summed E-state index contributed by atoms with van der Waals surface area (Å²) < 4.78 is 0. The molecule has 4 nitrogen and oxygen atoms in total. The van der Waals surface area contributed by atoms with Crippen molar-refractivity contribution in [2.75, 3.05) is 11.9 Å². The van der Waals surface area contributed by atoms with E-state index >= 15 is 0 Å². The SMILES string of the molecule is CC(C)(N)CN(Cc1ccc(Cl)cc1)C(=O)Nc1ccccc1-c1ccccc1. The third-order valence-electron chi connectivity index (χ3n) is 4.43. The van der Waals surface area contributed by atoms with E-state index in [4.69, 9.17) is 17.3 Å². The molecule has 0 unspecified atom stereocenters. The van der Waals surface area contributed by atoms with E-state index in [1.807, 2.05) is 92.7 Å². The molecule has 3 N–H and O–H groups in total. The Balaban J connectivity index is 1.84. The molecule has 0 aromatic heterocycles. The lowest BCUT2D eigenvalue weighted by atomic mass is 10.0. The number of carbonyl (C=O) groups is 1. The summed E-state index contributed by atoms with van der Waals surface area (Å²) in [6, 6.07) is 25.1. The van der Waals surface area contributed by atoms with Gasteiger partial charge in [0.1, 0.15) is 0 Å². The Morgan fingerprint density at radius 2 is 1.59 bits per heavy atom.